The Labute approximate surface area is 180 Å². The first-order valence-electron chi connectivity index (χ1n) is 9.61. The molecular weight excluding hydrogens is 401 g/mol. The third-order valence-electron chi connectivity index (χ3n) is 5.84. The molecule has 1 aliphatic heterocycles. The quantitative estimate of drug-likeness (QED) is 0.607. The van der Waals surface area contributed by atoms with Crippen LogP contribution < -0.4 is 4.90 Å². The molecule has 0 bridgehead atoms. The molecule has 0 amide bonds. The Balaban J connectivity index is 1.62. The normalized spacial score (nSPS) is 15.3. The van der Waals surface area contributed by atoms with E-state index in [9.17, 15) is 4.39 Å². The molecule has 0 aliphatic carbocycles. The summed E-state index contributed by atoms with van der Waals surface area (Å²) in [6.07, 6.45) is 1.86. The average molecular weight is 424 g/mol. The summed E-state index contributed by atoms with van der Waals surface area (Å²) in [5.74, 6) is -0.517. The molecule has 3 heterocycles. The number of hydrogen-bond donors (Lipinski definition) is 1. The first-order chi connectivity index (χ1) is 14.2. The molecule has 1 saturated heterocycles. The van der Waals surface area contributed by atoms with Gasteiger partial charge in [-0.25, -0.2) is 9.37 Å². The molecule has 0 unspecified atom stereocenters. The van der Waals surface area contributed by atoms with Crippen molar-refractivity contribution in [3.63, 3.8) is 0 Å². The van der Waals surface area contributed by atoms with Crippen molar-refractivity contribution in [2.45, 2.75) is 12.5 Å². The number of likely N-dealkylation sites (N-methyl/N-ethyl adjacent to an activating group) is 1. The average Bonchev–Trinajstić information content (AvgIpc) is 2.71. The molecule has 1 aromatic carbocycles. The molecule has 1 fully saturated rings. The van der Waals surface area contributed by atoms with E-state index >= 15 is 0 Å². The van der Waals surface area contributed by atoms with Gasteiger partial charge in [0, 0.05) is 29.2 Å². The number of rotatable bonds is 5. The Kier molecular flexibility index (Phi) is 5.08. The van der Waals surface area contributed by atoms with E-state index in [-0.39, 0.29) is 16.8 Å². The molecule has 0 saturated carbocycles. The van der Waals surface area contributed by atoms with Crippen LogP contribution in [0.2, 0.25) is 5.02 Å². The maximum atomic E-state index is 14.2. The van der Waals surface area contributed by atoms with Crippen LogP contribution in [0.5, 0.6) is 0 Å². The monoisotopic (exact) mass is 423 g/mol. The fourth-order valence-electron chi connectivity index (χ4n) is 3.56. The van der Waals surface area contributed by atoms with Crippen LogP contribution in [0.4, 0.5) is 10.1 Å². The van der Waals surface area contributed by atoms with Crippen molar-refractivity contribution in [1.29, 1.82) is 5.41 Å². The van der Waals surface area contributed by atoms with E-state index in [1.54, 1.807) is 6.07 Å². The lowest BCUT2D eigenvalue weighted by atomic mass is 9.90. The van der Waals surface area contributed by atoms with E-state index in [4.69, 9.17) is 17.0 Å². The number of halogens is 2. The summed E-state index contributed by atoms with van der Waals surface area (Å²) < 4.78 is 14.2. The minimum atomic E-state index is -0.517. The van der Waals surface area contributed by atoms with Crippen LogP contribution in [-0.4, -0.2) is 53.3 Å². The van der Waals surface area contributed by atoms with Gasteiger partial charge in [0.05, 0.1) is 39.9 Å². The molecule has 3 aromatic rings. The van der Waals surface area contributed by atoms with Crippen LogP contribution in [0.1, 0.15) is 18.2 Å². The molecule has 1 N–H and O–H groups in total. The standard InChI is InChI=1S/C23H23ClFN5/c1-14(22(26)17-9-15(24)5-6-18(17)25)19-7-8-20-21(28-19)10-16(11-27-20)30-12-23(2,13-30)29(3)4/h5-11,26H,1,12-13H2,2-4H3. The van der Waals surface area contributed by atoms with Crippen LogP contribution in [0.3, 0.4) is 0 Å². The molecule has 5 nitrogen and oxygen atoms in total. The minimum Gasteiger partial charge on any atom is -0.366 e. The maximum absolute atomic E-state index is 14.2. The molecule has 30 heavy (non-hydrogen) atoms. The summed E-state index contributed by atoms with van der Waals surface area (Å²) in [5.41, 5.74) is 3.51. The smallest absolute Gasteiger partial charge is 0.132 e. The first kappa shape index (κ1) is 20.4. The topological polar surface area (TPSA) is 56.1 Å². The number of pyridine rings is 2. The van der Waals surface area contributed by atoms with Gasteiger partial charge < -0.3 is 9.80 Å². The predicted molar refractivity (Wildman–Crippen MR) is 121 cm³/mol. The van der Waals surface area contributed by atoms with E-state index in [1.807, 2.05) is 18.3 Å². The summed E-state index contributed by atoms with van der Waals surface area (Å²) in [6, 6.07) is 9.72. The van der Waals surface area contributed by atoms with E-state index in [0.29, 0.717) is 21.8 Å². The van der Waals surface area contributed by atoms with Gasteiger partial charge in [-0.05, 0) is 57.4 Å². The van der Waals surface area contributed by atoms with Crippen molar-refractivity contribution >= 4 is 39.6 Å². The van der Waals surface area contributed by atoms with Gasteiger partial charge in [-0.2, -0.15) is 0 Å². The van der Waals surface area contributed by atoms with Crippen LogP contribution in [-0.2, 0) is 0 Å². The van der Waals surface area contributed by atoms with Gasteiger partial charge in [0.1, 0.15) is 5.82 Å². The molecule has 7 heteroatoms. The number of benzene rings is 1. The van der Waals surface area contributed by atoms with E-state index in [0.717, 1.165) is 24.3 Å². The van der Waals surface area contributed by atoms with E-state index in [2.05, 4.69) is 47.4 Å². The molecule has 0 spiro atoms. The molecule has 0 radical (unpaired) electrons. The second kappa shape index (κ2) is 7.45. The summed E-state index contributed by atoms with van der Waals surface area (Å²) >= 11 is 5.97. The SMILES string of the molecule is C=C(C(=N)c1cc(Cl)ccc1F)c1ccc2ncc(N3CC(C)(N(C)C)C3)cc2n1. The Morgan fingerprint density at radius 1 is 1.20 bits per heavy atom. The molecule has 0 atom stereocenters. The Bertz CT molecular complexity index is 1170. The fourth-order valence-corrected chi connectivity index (χ4v) is 3.73. The van der Waals surface area contributed by atoms with Crippen molar-refractivity contribution in [3.8, 4) is 0 Å². The number of nitrogens with zero attached hydrogens (tertiary/aromatic N) is 4. The third kappa shape index (κ3) is 3.57. The van der Waals surface area contributed by atoms with Crippen molar-refractivity contribution in [3.05, 3.63) is 71.3 Å². The first-order valence-corrected chi connectivity index (χ1v) is 9.98. The van der Waals surface area contributed by atoms with Crippen LogP contribution in [0.15, 0.2) is 49.2 Å². The van der Waals surface area contributed by atoms with Crippen molar-refractivity contribution in [1.82, 2.24) is 14.9 Å². The summed E-state index contributed by atoms with van der Waals surface area (Å²) in [6.45, 7) is 8.03. The van der Waals surface area contributed by atoms with E-state index in [1.165, 1.54) is 18.2 Å². The van der Waals surface area contributed by atoms with Gasteiger partial charge in [-0.1, -0.05) is 18.2 Å². The lowest BCUT2D eigenvalue weighted by Gasteiger charge is -2.53. The third-order valence-corrected chi connectivity index (χ3v) is 6.07. The second-order valence-electron chi connectivity index (χ2n) is 8.15. The molecule has 4 rings (SSSR count). The molecule has 1 aliphatic rings. The molecule has 2 aromatic heterocycles. The number of nitrogens with one attached hydrogen (secondary N) is 1. The highest BCUT2D eigenvalue weighted by atomic mass is 35.5. The molecule has 154 valence electrons. The fraction of sp³-hybridized carbons (Fsp3) is 0.261. The number of fused-ring (bicyclic) bond motifs is 1. The van der Waals surface area contributed by atoms with Crippen LogP contribution in [0.25, 0.3) is 16.6 Å². The van der Waals surface area contributed by atoms with Crippen LogP contribution >= 0.6 is 11.6 Å². The highest BCUT2D eigenvalue weighted by Crippen LogP contribution is 2.31. The maximum Gasteiger partial charge on any atom is 0.132 e. The Hall–Kier alpha value is -2.83. The second-order valence-corrected chi connectivity index (χ2v) is 8.59. The minimum absolute atomic E-state index is 0.0459. The van der Waals surface area contributed by atoms with Gasteiger partial charge >= 0.3 is 0 Å². The van der Waals surface area contributed by atoms with E-state index < -0.39 is 5.82 Å². The predicted octanol–water partition coefficient (Wildman–Crippen LogP) is 4.64. The van der Waals surface area contributed by atoms with Crippen molar-refractivity contribution in [2.24, 2.45) is 0 Å². The Morgan fingerprint density at radius 3 is 2.63 bits per heavy atom. The number of aromatic nitrogens is 2. The van der Waals surface area contributed by atoms with Gasteiger partial charge in [0.2, 0.25) is 0 Å². The number of hydrogen-bond acceptors (Lipinski definition) is 5. The van der Waals surface area contributed by atoms with Gasteiger partial charge in [0.25, 0.3) is 0 Å². The van der Waals surface area contributed by atoms with Gasteiger partial charge in [0.15, 0.2) is 0 Å². The highest BCUT2D eigenvalue weighted by molar-refractivity contribution is 6.33. The number of allylic oxidation sites excluding steroid dienone is 1. The van der Waals surface area contributed by atoms with Crippen LogP contribution in [0, 0.1) is 11.2 Å². The van der Waals surface area contributed by atoms with Gasteiger partial charge in [-0.15, -0.1) is 0 Å². The molecular formula is C23H23ClFN5. The summed E-state index contributed by atoms with van der Waals surface area (Å²) in [7, 11) is 4.18. The zero-order chi connectivity index (χ0) is 21.6. The zero-order valence-corrected chi connectivity index (χ0v) is 18.0. The largest absolute Gasteiger partial charge is 0.366 e. The summed E-state index contributed by atoms with van der Waals surface area (Å²) in [4.78, 5) is 13.7. The van der Waals surface area contributed by atoms with Gasteiger partial charge in [-0.3, -0.25) is 10.4 Å². The van der Waals surface area contributed by atoms with Crippen molar-refractivity contribution in [2.75, 3.05) is 32.1 Å². The summed E-state index contributed by atoms with van der Waals surface area (Å²) in [5, 5.41) is 8.75. The lowest BCUT2D eigenvalue weighted by molar-refractivity contribution is 0.133. The highest BCUT2D eigenvalue weighted by Gasteiger charge is 2.40. The number of anilines is 1. The zero-order valence-electron chi connectivity index (χ0n) is 17.2. The lowest BCUT2D eigenvalue weighted by Crippen LogP contribution is -2.67. The Morgan fingerprint density at radius 2 is 1.93 bits per heavy atom. The van der Waals surface area contributed by atoms with Crippen molar-refractivity contribution < 1.29 is 4.39 Å².